The van der Waals surface area contributed by atoms with Crippen LogP contribution >= 0.6 is 0 Å². The van der Waals surface area contributed by atoms with Gasteiger partial charge in [0, 0.05) is 51.5 Å². The Hall–Kier alpha value is -2.14. The van der Waals surface area contributed by atoms with Gasteiger partial charge in [0.15, 0.2) is 0 Å². The van der Waals surface area contributed by atoms with E-state index >= 15 is 0 Å². The molecule has 1 fully saturated rings. The first-order valence-electron chi connectivity index (χ1n) is 8.73. The van der Waals surface area contributed by atoms with Gasteiger partial charge in [0.25, 0.3) is 0 Å². The van der Waals surface area contributed by atoms with E-state index in [-0.39, 0.29) is 0 Å². The molecule has 0 atom stereocenters. The van der Waals surface area contributed by atoms with Gasteiger partial charge < -0.3 is 14.7 Å². The van der Waals surface area contributed by atoms with E-state index in [0.29, 0.717) is 0 Å². The van der Waals surface area contributed by atoms with Crippen molar-refractivity contribution in [1.29, 1.82) is 0 Å². The summed E-state index contributed by atoms with van der Waals surface area (Å²) in [5, 5.41) is 0. The number of aromatic nitrogens is 2. The summed E-state index contributed by atoms with van der Waals surface area (Å²) in [5.74, 6) is 1.85. The first-order chi connectivity index (χ1) is 11.7. The summed E-state index contributed by atoms with van der Waals surface area (Å²) in [6, 6.07) is 12.6. The molecule has 128 valence electrons. The minimum absolute atomic E-state index is 0.848. The zero-order valence-corrected chi connectivity index (χ0v) is 14.9. The van der Waals surface area contributed by atoms with E-state index in [1.807, 2.05) is 13.0 Å². The lowest BCUT2D eigenvalue weighted by Gasteiger charge is -2.34. The Kier molecular flexibility index (Phi) is 5.30. The zero-order valence-electron chi connectivity index (χ0n) is 14.9. The van der Waals surface area contributed by atoms with Crippen LogP contribution in [0.15, 0.2) is 36.4 Å². The Balaban J connectivity index is 1.74. The Morgan fingerprint density at radius 3 is 2.42 bits per heavy atom. The van der Waals surface area contributed by atoms with E-state index in [4.69, 9.17) is 4.98 Å². The van der Waals surface area contributed by atoms with Gasteiger partial charge in [-0.2, -0.15) is 4.98 Å². The van der Waals surface area contributed by atoms with Gasteiger partial charge in [0.1, 0.15) is 5.82 Å². The van der Waals surface area contributed by atoms with Crippen molar-refractivity contribution in [2.24, 2.45) is 0 Å². The van der Waals surface area contributed by atoms with Crippen molar-refractivity contribution in [3.63, 3.8) is 0 Å². The molecule has 0 aliphatic carbocycles. The van der Waals surface area contributed by atoms with Gasteiger partial charge in [-0.1, -0.05) is 37.3 Å². The molecule has 5 heteroatoms. The van der Waals surface area contributed by atoms with Crippen LogP contribution in [0.5, 0.6) is 0 Å². The number of nitrogens with zero attached hydrogens (tertiary/aromatic N) is 5. The van der Waals surface area contributed by atoms with Gasteiger partial charge in [0.05, 0.1) is 0 Å². The Morgan fingerprint density at radius 1 is 1.04 bits per heavy atom. The predicted octanol–water partition coefficient (Wildman–Crippen LogP) is 2.56. The minimum atomic E-state index is 0.848. The van der Waals surface area contributed by atoms with Crippen molar-refractivity contribution in [2.75, 3.05) is 49.6 Å². The highest BCUT2D eigenvalue weighted by Gasteiger charge is 2.19. The summed E-state index contributed by atoms with van der Waals surface area (Å²) in [6.45, 7) is 10.4. The quantitative estimate of drug-likeness (QED) is 0.844. The number of rotatable bonds is 5. The van der Waals surface area contributed by atoms with E-state index in [1.54, 1.807) is 0 Å². The van der Waals surface area contributed by atoms with Crippen LogP contribution in [0.3, 0.4) is 0 Å². The number of likely N-dealkylation sites (N-methyl/N-ethyl adjacent to an activating group) is 1. The normalized spacial score (nSPS) is 15.5. The number of piperazine rings is 1. The first kappa shape index (κ1) is 16.7. The van der Waals surface area contributed by atoms with Crippen LogP contribution < -0.4 is 9.80 Å². The molecule has 0 unspecified atom stereocenters. The van der Waals surface area contributed by atoms with Gasteiger partial charge in [-0.05, 0) is 19.0 Å². The molecule has 2 heterocycles. The molecular weight excluding hydrogens is 298 g/mol. The Labute approximate surface area is 144 Å². The van der Waals surface area contributed by atoms with E-state index < -0.39 is 0 Å². The second-order valence-electron chi connectivity index (χ2n) is 6.43. The molecule has 3 rings (SSSR count). The molecule has 0 spiro atoms. The van der Waals surface area contributed by atoms with Crippen molar-refractivity contribution in [3.05, 3.63) is 47.7 Å². The summed E-state index contributed by atoms with van der Waals surface area (Å²) >= 11 is 0. The maximum Gasteiger partial charge on any atom is 0.227 e. The van der Waals surface area contributed by atoms with E-state index in [0.717, 1.165) is 56.7 Å². The fourth-order valence-corrected chi connectivity index (χ4v) is 3.08. The monoisotopic (exact) mass is 325 g/mol. The fraction of sp³-hybridized carbons (Fsp3) is 0.474. The van der Waals surface area contributed by atoms with Gasteiger partial charge in [-0.3, -0.25) is 0 Å². The molecule has 0 saturated carbocycles. The van der Waals surface area contributed by atoms with E-state index in [9.17, 15) is 0 Å². The van der Waals surface area contributed by atoms with Crippen molar-refractivity contribution in [2.45, 2.75) is 20.4 Å². The molecule has 0 N–H and O–H groups in total. The molecule has 5 nitrogen and oxygen atoms in total. The van der Waals surface area contributed by atoms with Crippen LogP contribution in [0.25, 0.3) is 0 Å². The van der Waals surface area contributed by atoms with Gasteiger partial charge in [-0.25, -0.2) is 4.98 Å². The predicted molar refractivity (Wildman–Crippen MR) is 99.6 cm³/mol. The van der Waals surface area contributed by atoms with Crippen molar-refractivity contribution in [1.82, 2.24) is 14.9 Å². The second kappa shape index (κ2) is 7.62. The van der Waals surface area contributed by atoms with Crippen LogP contribution in [0.4, 0.5) is 11.8 Å². The Bertz CT molecular complexity index is 650. The van der Waals surface area contributed by atoms with Crippen LogP contribution in [0, 0.1) is 6.92 Å². The topological polar surface area (TPSA) is 35.5 Å². The van der Waals surface area contributed by atoms with Gasteiger partial charge in [0.2, 0.25) is 5.95 Å². The molecule has 1 aromatic heterocycles. The molecule has 0 radical (unpaired) electrons. The minimum Gasteiger partial charge on any atom is -0.355 e. The van der Waals surface area contributed by atoms with Crippen LogP contribution in [0.2, 0.25) is 0 Å². The van der Waals surface area contributed by atoms with Crippen LogP contribution in [-0.4, -0.2) is 54.6 Å². The zero-order chi connectivity index (χ0) is 16.9. The lowest BCUT2D eigenvalue weighted by Crippen LogP contribution is -2.46. The molecule has 1 aliphatic rings. The molecule has 1 aliphatic heterocycles. The lowest BCUT2D eigenvalue weighted by molar-refractivity contribution is 0.270. The third kappa shape index (κ3) is 4.03. The highest BCUT2D eigenvalue weighted by Crippen LogP contribution is 2.19. The highest BCUT2D eigenvalue weighted by atomic mass is 15.3. The average Bonchev–Trinajstić information content (AvgIpc) is 2.62. The maximum atomic E-state index is 4.83. The lowest BCUT2D eigenvalue weighted by atomic mass is 10.2. The summed E-state index contributed by atoms with van der Waals surface area (Å²) < 4.78 is 0. The molecule has 1 saturated heterocycles. The largest absolute Gasteiger partial charge is 0.355 e. The molecule has 0 amide bonds. The first-order valence-corrected chi connectivity index (χ1v) is 8.73. The number of hydrogen-bond acceptors (Lipinski definition) is 5. The fourth-order valence-electron chi connectivity index (χ4n) is 3.08. The maximum absolute atomic E-state index is 4.83. The van der Waals surface area contributed by atoms with Crippen molar-refractivity contribution >= 4 is 11.8 Å². The smallest absolute Gasteiger partial charge is 0.227 e. The van der Waals surface area contributed by atoms with Crippen LogP contribution in [-0.2, 0) is 6.54 Å². The molecule has 24 heavy (non-hydrogen) atoms. The van der Waals surface area contributed by atoms with Crippen LogP contribution in [0.1, 0.15) is 18.2 Å². The standard InChI is InChI=1S/C19H27N5/c1-4-23-10-12-24(13-11-23)19-20-16(2)14-18(21-19)22(3)15-17-8-6-5-7-9-17/h5-9,14H,4,10-13,15H2,1-3H3. The van der Waals surface area contributed by atoms with Crippen molar-refractivity contribution in [3.8, 4) is 0 Å². The highest BCUT2D eigenvalue weighted by molar-refractivity contribution is 5.46. The number of anilines is 2. The van der Waals surface area contributed by atoms with E-state index in [2.05, 4.69) is 64.0 Å². The molecule has 1 aromatic carbocycles. The number of hydrogen-bond donors (Lipinski definition) is 0. The number of aryl methyl sites for hydroxylation is 1. The average molecular weight is 325 g/mol. The Morgan fingerprint density at radius 2 is 1.75 bits per heavy atom. The van der Waals surface area contributed by atoms with E-state index in [1.165, 1.54) is 5.56 Å². The SMILES string of the molecule is CCN1CCN(c2nc(C)cc(N(C)Cc3ccccc3)n2)CC1. The molecular formula is C19H27N5. The second-order valence-corrected chi connectivity index (χ2v) is 6.43. The molecule has 0 bridgehead atoms. The summed E-state index contributed by atoms with van der Waals surface area (Å²) in [7, 11) is 2.09. The van der Waals surface area contributed by atoms with Crippen molar-refractivity contribution < 1.29 is 0 Å². The van der Waals surface area contributed by atoms with Gasteiger partial charge in [-0.15, -0.1) is 0 Å². The number of benzene rings is 1. The third-order valence-electron chi connectivity index (χ3n) is 4.58. The summed E-state index contributed by atoms with van der Waals surface area (Å²) in [6.07, 6.45) is 0. The van der Waals surface area contributed by atoms with Gasteiger partial charge >= 0.3 is 0 Å². The summed E-state index contributed by atoms with van der Waals surface area (Å²) in [4.78, 5) is 16.5. The third-order valence-corrected chi connectivity index (χ3v) is 4.58. The summed E-state index contributed by atoms with van der Waals surface area (Å²) in [5.41, 5.74) is 2.31. The molecule has 2 aromatic rings.